The molecule has 1 aliphatic rings. The second kappa shape index (κ2) is 6.20. The van der Waals surface area contributed by atoms with Crippen LogP contribution in [0.2, 0.25) is 0 Å². The molecule has 2 heteroatoms. The van der Waals surface area contributed by atoms with Gasteiger partial charge in [-0.2, -0.15) is 0 Å². The number of hydrogen-bond acceptors (Lipinski definition) is 2. The first-order valence-electron chi connectivity index (χ1n) is 5.84. The van der Waals surface area contributed by atoms with Crippen molar-refractivity contribution in [2.75, 3.05) is 26.2 Å². The lowest BCUT2D eigenvalue weighted by atomic mass is 10.0. The highest BCUT2D eigenvalue weighted by molar-refractivity contribution is 5.03. The van der Waals surface area contributed by atoms with Gasteiger partial charge in [0.2, 0.25) is 0 Å². The zero-order valence-electron chi connectivity index (χ0n) is 9.63. The monoisotopic (exact) mass is 196 g/mol. The molecule has 82 valence electrons. The van der Waals surface area contributed by atoms with E-state index in [2.05, 4.69) is 24.8 Å². The van der Waals surface area contributed by atoms with Gasteiger partial charge in [-0.25, -0.2) is 0 Å². The molecule has 1 heterocycles. The predicted octanol–water partition coefficient (Wildman–Crippen LogP) is 2.01. The summed E-state index contributed by atoms with van der Waals surface area (Å²) >= 11 is 0. The average molecular weight is 196 g/mol. The SMILES string of the molecule is CCCC(CN)CN1CC=C(C)CC1. The van der Waals surface area contributed by atoms with Crippen LogP contribution in [0.25, 0.3) is 0 Å². The second-order valence-corrected chi connectivity index (χ2v) is 4.45. The largest absolute Gasteiger partial charge is 0.330 e. The minimum Gasteiger partial charge on any atom is -0.330 e. The molecule has 0 aliphatic carbocycles. The third-order valence-electron chi connectivity index (χ3n) is 3.07. The normalized spacial score (nSPS) is 20.6. The van der Waals surface area contributed by atoms with Crippen LogP contribution in [0.1, 0.15) is 33.1 Å². The zero-order valence-corrected chi connectivity index (χ0v) is 9.63. The van der Waals surface area contributed by atoms with Crippen LogP contribution in [0.5, 0.6) is 0 Å². The van der Waals surface area contributed by atoms with Gasteiger partial charge in [-0.3, -0.25) is 4.90 Å². The van der Waals surface area contributed by atoms with Gasteiger partial charge in [0.1, 0.15) is 0 Å². The minimum absolute atomic E-state index is 0.701. The molecule has 0 bridgehead atoms. The Labute approximate surface area is 88.2 Å². The van der Waals surface area contributed by atoms with Gasteiger partial charge < -0.3 is 5.73 Å². The first kappa shape index (κ1) is 11.7. The van der Waals surface area contributed by atoms with Crippen molar-refractivity contribution in [1.29, 1.82) is 0 Å². The van der Waals surface area contributed by atoms with Crippen LogP contribution < -0.4 is 5.73 Å². The van der Waals surface area contributed by atoms with E-state index in [0.29, 0.717) is 5.92 Å². The molecule has 1 aliphatic heterocycles. The van der Waals surface area contributed by atoms with Gasteiger partial charge in [0.25, 0.3) is 0 Å². The third kappa shape index (κ3) is 3.81. The first-order valence-corrected chi connectivity index (χ1v) is 5.84. The average Bonchev–Trinajstić information content (AvgIpc) is 2.20. The molecule has 1 unspecified atom stereocenters. The fourth-order valence-corrected chi connectivity index (χ4v) is 2.04. The Kier molecular flexibility index (Phi) is 5.20. The molecular formula is C12H24N2. The Hall–Kier alpha value is -0.340. The van der Waals surface area contributed by atoms with E-state index in [9.17, 15) is 0 Å². The van der Waals surface area contributed by atoms with E-state index < -0.39 is 0 Å². The summed E-state index contributed by atoms with van der Waals surface area (Å²) in [5.41, 5.74) is 7.30. The molecule has 0 aromatic carbocycles. The Morgan fingerprint density at radius 3 is 2.86 bits per heavy atom. The summed E-state index contributed by atoms with van der Waals surface area (Å²) in [6.45, 7) is 8.85. The predicted molar refractivity (Wildman–Crippen MR) is 62.3 cm³/mol. The quantitative estimate of drug-likeness (QED) is 0.682. The van der Waals surface area contributed by atoms with E-state index in [1.54, 1.807) is 5.57 Å². The molecule has 1 atom stereocenters. The highest BCUT2D eigenvalue weighted by atomic mass is 15.1. The van der Waals surface area contributed by atoms with Gasteiger partial charge in [-0.05, 0) is 32.2 Å². The fraction of sp³-hybridized carbons (Fsp3) is 0.833. The Bertz CT molecular complexity index is 187. The topological polar surface area (TPSA) is 29.3 Å². The summed E-state index contributed by atoms with van der Waals surface area (Å²) in [6.07, 6.45) is 6.12. The first-order chi connectivity index (χ1) is 6.76. The van der Waals surface area contributed by atoms with Crippen LogP contribution in [0.15, 0.2) is 11.6 Å². The molecule has 14 heavy (non-hydrogen) atoms. The van der Waals surface area contributed by atoms with Crippen molar-refractivity contribution in [3.8, 4) is 0 Å². The van der Waals surface area contributed by atoms with Crippen LogP contribution in [0.3, 0.4) is 0 Å². The summed E-state index contributed by atoms with van der Waals surface area (Å²) < 4.78 is 0. The number of nitrogens with two attached hydrogens (primary N) is 1. The number of hydrogen-bond donors (Lipinski definition) is 1. The summed E-state index contributed by atoms with van der Waals surface area (Å²) in [7, 11) is 0. The van der Waals surface area contributed by atoms with E-state index in [4.69, 9.17) is 5.73 Å². The maximum Gasteiger partial charge on any atom is 0.0165 e. The lowest BCUT2D eigenvalue weighted by Gasteiger charge is -2.28. The molecule has 2 N–H and O–H groups in total. The molecule has 0 radical (unpaired) electrons. The van der Waals surface area contributed by atoms with Crippen LogP contribution in [0.4, 0.5) is 0 Å². The van der Waals surface area contributed by atoms with Crippen molar-refractivity contribution < 1.29 is 0 Å². The van der Waals surface area contributed by atoms with Crippen molar-refractivity contribution in [2.24, 2.45) is 11.7 Å². The zero-order chi connectivity index (χ0) is 10.4. The van der Waals surface area contributed by atoms with Gasteiger partial charge in [0, 0.05) is 19.6 Å². The Morgan fingerprint density at radius 2 is 2.36 bits per heavy atom. The maximum absolute atomic E-state index is 5.76. The van der Waals surface area contributed by atoms with E-state index in [-0.39, 0.29) is 0 Å². The molecule has 1 rings (SSSR count). The molecule has 0 amide bonds. The summed E-state index contributed by atoms with van der Waals surface area (Å²) in [5.74, 6) is 0.701. The van der Waals surface area contributed by atoms with Gasteiger partial charge >= 0.3 is 0 Å². The Morgan fingerprint density at radius 1 is 1.57 bits per heavy atom. The van der Waals surface area contributed by atoms with Gasteiger partial charge in [0.15, 0.2) is 0 Å². The van der Waals surface area contributed by atoms with E-state index >= 15 is 0 Å². The second-order valence-electron chi connectivity index (χ2n) is 4.45. The molecule has 2 nitrogen and oxygen atoms in total. The molecule has 0 spiro atoms. The molecule has 0 saturated heterocycles. The van der Waals surface area contributed by atoms with Crippen molar-refractivity contribution in [2.45, 2.75) is 33.1 Å². The highest BCUT2D eigenvalue weighted by Crippen LogP contribution is 2.13. The summed E-state index contributed by atoms with van der Waals surface area (Å²) in [5, 5.41) is 0. The van der Waals surface area contributed by atoms with Crippen LogP contribution >= 0.6 is 0 Å². The lowest BCUT2D eigenvalue weighted by molar-refractivity contribution is 0.241. The smallest absolute Gasteiger partial charge is 0.0165 e. The van der Waals surface area contributed by atoms with Gasteiger partial charge in [-0.1, -0.05) is 25.0 Å². The summed E-state index contributed by atoms with van der Waals surface area (Å²) in [4.78, 5) is 2.53. The van der Waals surface area contributed by atoms with Crippen molar-refractivity contribution >= 4 is 0 Å². The number of nitrogens with zero attached hydrogens (tertiary/aromatic N) is 1. The minimum atomic E-state index is 0.701. The highest BCUT2D eigenvalue weighted by Gasteiger charge is 2.13. The fourth-order valence-electron chi connectivity index (χ4n) is 2.04. The third-order valence-corrected chi connectivity index (χ3v) is 3.07. The van der Waals surface area contributed by atoms with Crippen LogP contribution in [0, 0.1) is 5.92 Å². The van der Waals surface area contributed by atoms with E-state index in [0.717, 1.165) is 13.1 Å². The van der Waals surface area contributed by atoms with E-state index in [1.165, 1.54) is 32.4 Å². The van der Waals surface area contributed by atoms with E-state index in [1.807, 2.05) is 0 Å². The molecule has 0 saturated carbocycles. The van der Waals surface area contributed by atoms with Gasteiger partial charge in [0.05, 0.1) is 0 Å². The Balaban J connectivity index is 2.29. The maximum atomic E-state index is 5.76. The lowest BCUT2D eigenvalue weighted by Crippen LogP contribution is -2.35. The van der Waals surface area contributed by atoms with Crippen molar-refractivity contribution in [1.82, 2.24) is 4.90 Å². The van der Waals surface area contributed by atoms with Crippen molar-refractivity contribution in [3.63, 3.8) is 0 Å². The molecule has 0 aromatic rings. The molecule has 0 fully saturated rings. The molecule has 0 aromatic heterocycles. The van der Waals surface area contributed by atoms with Crippen LogP contribution in [-0.2, 0) is 0 Å². The van der Waals surface area contributed by atoms with Crippen LogP contribution in [-0.4, -0.2) is 31.1 Å². The van der Waals surface area contributed by atoms with Crippen molar-refractivity contribution in [3.05, 3.63) is 11.6 Å². The van der Waals surface area contributed by atoms with Gasteiger partial charge in [-0.15, -0.1) is 0 Å². The molecular weight excluding hydrogens is 172 g/mol. The standard InChI is InChI=1S/C12H24N2/c1-3-4-12(9-13)10-14-7-5-11(2)6-8-14/h5,12H,3-4,6-10,13H2,1-2H3. The number of rotatable bonds is 5. The summed E-state index contributed by atoms with van der Waals surface area (Å²) in [6, 6.07) is 0.